The Labute approximate surface area is 198 Å². The number of carbonyl (C=O) groups is 1. The summed E-state index contributed by atoms with van der Waals surface area (Å²) in [5.74, 6) is 1.36. The third kappa shape index (κ3) is 3.66. The van der Waals surface area contributed by atoms with Crippen LogP contribution in [-0.2, 0) is 10.2 Å². The number of aromatic nitrogens is 4. The number of hydrogen-bond donors (Lipinski definition) is 0. The van der Waals surface area contributed by atoms with Gasteiger partial charge in [-0.05, 0) is 56.1 Å². The Morgan fingerprint density at radius 1 is 1.18 bits per heavy atom. The minimum absolute atomic E-state index is 0.119. The lowest BCUT2D eigenvalue weighted by atomic mass is 9.89. The molecule has 0 radical (unpaired) electrons. The molecule has 2 aromatic heterocycles. The van der Waals surface area contributed by atoms with Crippen LogP contribution in [-0.4, -0.2) is 45.8 Å². The maximum absolute atomic E-state index is 13.9. The molecule has 1 aromatic carbocycles. The SMILES string of the molecule is CCOc1cncc(-c2ccc(N(C)C(=O)C3(c4cc(SC)ncn4)[C@@H]4CCC[C@@H]43)cc2)n1. The van der Waals surface area contributed by atoms with Crippen LogP contribution in [0.25, 0.3) is 11.3 Å². The summed E-state index contributed by atoms with van der Waals surface area (Å²) in [6.45, 7) is 2.46. The smallest absolute Gasteiger partial charge is 0.239 e. The highest BCUT2D eigenvalue weighted by atomic mass is 32.2. The van der Waals surface area contributed by atoms with E-state index in [1.165, 1.54) is 6.42 Å². The molecule has 0 N–H and O–H groups in total. The lowest BCUT2D eigenvalue weighted by molar-refractivity contribution is -0.121. The molecule has 7 nitrogen and oxygen atoms in total. The van der Waals surface area contributed by atoms with Gasteiger partial charge in [-0.2, -0.15) is 0 Å². The summed E-state index contributed by atoms with van der Waals surface area (Å²) in [5, 5.41) is 0.902. The largest absolute Gasteiger partial charge is 0.477 e. The number of likely N-dealkylation sites (N-methyl/N-ethyl adjacent to an activating group) is 1. The quantitative estimate of drug-likeness (QED) is 0.381. The number of fused-ring (bicyclic) bond motifs is 1. The summed E-state index contributed by atoms with van der Waals surface area (Å²) >= 11 is 1.58. The van der Waals surface area contributed by atoms with Crippen molar-refractivity contribution >= 4 is 23.4 Å². The van der Waals surface area contributed by atoms with Gasteiger partial charge >= 0.3 is 0 Å². The molecule has 8 heteroatoms. The first kappa shape index (κ1) is 21.8. The molecule has 3 atom stereocenters. The van der Waals surface area contributed by atoms with E-state index in [1.54, 1.807) is 35.4 Å². The van der Waals surface area contributed by atoms with E-state index in [9.17, 15) is 4.79 Å². The molecule has 170 valence electrons. The Morgan fingerprint density at radius 2 is 1.94 bits per heavy atom. The molecule has 0 aliphatic heterocycles. The Morgan fingerprint density at radius 3 is 2.64 bits per heavy atom. The summed E-state index contributed by atoms with van der Waals surface area (Å²) in [5.41, 5.74) is 2.85. The van der Waals surface area contributed by atoms with Gasteiger partial charge in [0, 0.05) is 18.3 Å². The fourth-order valence-electron chi connectivity index (χ4n) is 5.39. The second kappa shape index (κ2) is 8.74. The molecule has 2 fully saturated rings. The van der Waals surface area contributed by atoms with Crippen molar-refractivity contribution in [3.63, 3.8) is 0 Å². The predicted molar refractivity (Wildman–Crippen MR) is 128 cm³/mol. The first-order valence-electron chi connectivity index (χ1n) is 11.3. The molecule has 1 unspecified atom stereocenters. The van der Waals surface area contributed by atoms with Crippen molar-refractivity contribution in [2.45, 2.75) is 36.6 Å². The molecule has 2 aliphatic rings. The number of ether oxygens (including phenoxy) is 1. The van der Waals surface area contributed by atoms with Gasteiger partial charge in [0.15, 0.2) is 0 Å². The van der Waals surface area contributed by atoms with Gasteiger partial charge in [-0.15, -0.1) is 11.8 Å². The monoisotopic (exact) mass is 461 g/mol. The highest BCUT2D eigenvalue weighted by Crippen LogP contribution is 2.68. The number of nitrogens with zero attached hydrogens (tertiary/aromatic N) is 5. The summed E-state index contributed by atoms with van der Waals surface area (Å²) < 4.78 is 5.46. The molecular weight excluding hydrogens is 434 g/mol. The van der Waals surface area contributed by atoms with Gasteiger partial charge in [0.1, 0.15) is 6.33 Å². The molecule has 2 heterocycles. The fraction of sp³-hybridized carbons (Fsp3) is 0.400. The number of amides is 1. The Balaban J connectivity index is 1.42. The summed E-state index contributed by atoms with van der Waals surface area (Å²) in [6, 6.07) is 9.86. The van der Waals surface area contributed by atoms with Crippen LogP contribution in [0.15, 0.2) is 54.1 Å². The molecule has 33 heavy (non-hydrogen) atoms. The zero-order valence-corrected chi connectivity index (χ0v) is 19.9. The molecule has 1 amide bonds. The van der Waals surface area contributed by atoms with Crippen molar-refractivity contribution in [1.29, 1.82) is 0 Å². The Kier molecular flexibility index (Phi) is 5.78. The van der Waals surface area contributed by atoms with Gasteiger partial charge in [0.2, 0.25) is 11.8 Å². The number of rotatable bonds is 7. The lowest BCUT2D eigenvalue weighted by Gasteiger charge is -2.27. The fourth-order valence-corrected chi connectivity index (χ4v) is 5.77. The molecule has 0 saturated heterocycles. The van der Waals surface area contributed by atoms with E-state index in [1.807, 2.05) is 50.6 Å². The molecule has 5 rings (SSSR count). The van der Waals surface area contributed by atoms with Crippen LogP contribution in [0, 0.1) is 11.8 Å². The van der Waals surface area contributed by atoms with E-state index in [-0.39, 0.29) is 5.91 Å². The van der Waals surface area contributed by atoms with Crippen LogP contribution in [0.4, 0.5) is 5.69 Å². The van der Waals surface area contributed by atoms with Crippen molar-refractivity contribution in [1.82, 2.24) is 19.9 Å². The molecular formula is C25H27N5O2S. The van der Waals surface area contributed by atoms with E-state index in [2.05, 4.69) is 19.9 Å². The van der Waals surface area contributed by atoms with Crippen molar-refractivity contribution in [2.75, 3.05) is 24.8 Å². The van der Waals surface area contributed by atoms with Crippen molar-refractivity contribution in [3.05, 3.63) is 54.7 Å². The summed E-state index contributed by atoms with van der Waals surface area (Å²) in [4.78, 5) is 33.3. The van der Waals surface area contributed by atoms with Crippen LogP contribution < -0.4 is 9.64 Å². The topological polar surface area (TPSA) is 81.1 Å². The minimum atomic E-state index is -0.531. The Bertz CT molecular complexity index is 1160. The van der Waals surface area contributed by atoms with E-state index in [4.69, 9.17) is 4.74 Å². The van der Waals surface area contributed by atoms with Crippen LogP contribution in [0.2, 0.25) is 0 Å². The molecule has 2 saturated carbocycles. The predicted octanol–water partition coefficient (Wildman–Crippen LogP) is 4.38. The average molecular weight is 462 g/mol. The summed E-state index contributed by atoms with van der Waals surface area (Å²) in [6.07, 6.45) is 10.3. The van der Waals surface area contributed by atoms with Crippen LogP contribution >= 0.6 is 11.8 Å². The van der Waals surface area contributed by atoms with Crippen LogP contribution in [0.3, 0.4) is 0 Å². The van der Waals surface area contributed by atoms with E-state index in [0.717, 1.165) is 40.5 Å². The van der Waals surface area contributed by atoms with Crippen LogP contribution in [0.1, 0.15) is 31.9 Å². The normalized spacial score (nSPS) is 23.1. The highest BCUT2D eigenvalue weighted by molar-refractivity contribution is 7.98. The average Bonchev–Trinajstić information content (AvgIpc) is 3.22. The Hall–Kier alpha value is -3.00. The molecule has 0 bridgehead atoms. The molecule has 0 spiro atoms. The minimum Gasteiger partial charge on any atom is -0.477 e. The first-order chi connectivity index (χ1) is 16.1. The van der Waals surface area contributed by atoms with Gasteiger partial charge < -0.3 is 9.64 Å². The third-order valence-corrected chi connectivity index (χ3v) is 7.61. The number of anilines is 1. The van der Waals surface area contributed by atoms with Gasteiger partial charge in [-0.25, -0.2) is 15.0 Å². The third-order valence-electron chi connectivity index (χ3n) is 6.97. The van der Waals surface area contributed by atoms with Gasteiger partial charge in [0.05, 0.1) is 40.8 Å². The zero-order valence-electron chi connectivity index (χ0n) is 19.1. The van der Waals surface area contributed by atoms with Gasteiger partial charge in [0.25, 0.3) is 0 Å². The second-order valence-corrected chi connectivity index (χ2v) is 9.37. The lowest BCUT2D eigenvalue weighted by Crippen LogP contribution is -2.40. The van der Waals surface area contributed by atoms with Crippen LogP contribution in [0.5, 0.6) is 5.88 Å². The summed E-state index contributed by atoms with van der Waals surface area (Å²) in [7, 11) is 1.86. The molecule has 2 aliphatic carbocycles. The van der Waals surface area contributed by atoms with Crippen molar-refractivity contribution < 1.29 is 9.53 Å². The van der Waals surface area contributed by atoms with Crippen molar-refractivity contribution in [3.8, 4) is 17.1 Å². The number of carbonyl (C=O) groups excluding carboxylic acids is 1. The van der Waals surface area contributed by atoms with Crippen molar-refractivity contribution in [2.24, 2.45) is 11.8 Å². The second-order valence-electron chi connectivity index (χ2n) is 8.55. The van der Waals surface area contributed by atoms with Gasteiger partial charge in [-0.3, -0.25) is 9.78 Å². The van der Waals surface area contributed by atoms with E-state index >= 15 is 0 Å². The number of thioether (sulfide) groups is 1. The first-order valence-corrected chi connectivity index (χ1v) is 12.5. The standard InChI is InChI=1S/C25H27N5O2S/c1-4-32-22-14-26-13-20(29-22)16-8-10-17(11-9-16)30(2)24(31)25(18-6-5-7-19(18)25)21-12-23(33-3)28-15-27-21/h8-15,18-19H,4-7H2,1-3H3/t18-,19+,25?. The molecule has 3 aromatic rings. The maximum atomic E-state index is 13.9. The van der Waals surface area contributed by atoms with E-state index < -0.39 is 5.41 Å². The highest BCUT2D eigenvalue weighted by Gasteiger charge is 2.72. The maximum Gasteiger partial charge on any atom is 0.239 e. The zero-order chi connectivity index (χ0) is 23.0. The number of hydrogen-bond acceptors (Lipinski definition) is 7. The van der Waals surface area contributed by atoms with Gasteiger partial charge in [-0.1, -0.05) is 18.6 Å². The number of benzene rings is 1. The van der Waals surface area contributed by atoms with E-state index in [0.29, 0.717) is 24.3 Å².